The van der Waals surface area contributed by atoms with Crippen molar-refractivity contribution in [1.29, 1.82) is 0 Å². The number of ether oxygens (including phenoxy) is 1. The topological polar surface area (TPSA) is 73.2 Å². The third-order valence-electron chi connectivity index (χ3n) is 4.39. The molecular weight excluding hydrogens is 354 g/mol. The summed E-state index contributed by atoms with van der Waals surface area (Å²) in [6, 6.07) is 12.4. The first kappa shape index (κ1) is 16.6. The number of halogens is 1. The molecule has 132 valence electrons. The average molecular weight is 370 g/mol. The zero-order valence-corrected chi connectivity index (χ0v) is 14.6. The van der Waals surface area contributed by atoms with E-state index in [4.69, 9.17) is 16.3 Å². The van der Waals surface area contributed by atoms with Crippen LogP contribution in [0.2, 0.25) is 5.02 Å². The summed E-state index contributed by atoms with van der Waals surface area (Å²) < 4.78 is 6.89. The van der Waals surface area contributed by atoms with Gasteiger partial charge in [0.15, 0.2) is 0 Å². The van der Waals surface area contributed by atoms with Crippen molar-refractivity contribution in [1.82, 2.24) is 14.9 Å². The Bertz CT molecular complexity index is 1050. The summed E-state index contributed by atoms with van der Waals surface area (Å²) in [7, 11) is 0. The van der Waals surface area contributed by atoms with Crippen LogP contribution in [0.5, 0.6) is 5.75 Å². The van der Waals surface area contributed by atoms with Crippen molar-refractivity contribution in [2.24, 2.45) is 0 Å². The molecule has 1 atom stereocenters. The molecule has 2 heterocycles. The highest BCUT2D eigenvalue weighted by molar-refractivity contribution is 6.31. The van der Waals surface area contributed by atoms with E-state index in [1.54, 1.807) is 18.2 Å². The van der Waals surface area contributed by atoms with Crippen molar-refractivity contribution in [2.75, 3.05) is 6.61 Å². The van der Waals surface area contributed by atoms with Gasteiger partial charge in [-0.25, -0.2) is 4.98 Å². The third-order valence-corrected chi connectivity index (χ3v) is 4.63. The highest BCUT2D eigenvalue weighted by Crippen LogP contribution is 2.31. The van der Waals surface area contributed by atoms with E-state index in [1.165, 1.54) is 10.9 Å². The lowest BCUT2D eigenvalue weighted by atomic mass is 10.0. The lowest BCUT2D eigenvalue weighted by molar-refractivity contribution is -0.122. The Hall–Kier alpha value is -2.86. The maximum atomic E-state index is 12.6. The number of carbonyl (C=O) groups is 1. The number of nitrogens with zero attached hydrogens (tertiary/aromatic N) is 2. The molecule has 1 aromatic heterocycles. The van der Waals surface area contributed by atoms with Gasteiger partial charge in [-0.1, -0.05) is 29.8 Å². The quantitative estimate of drug-likeness (QED) is 0.770. The Balaban J connectivity index is 1.55. The fourth-order valence-corrected chi connectivity index (χ4v) is 3.30. The first-order valence-electron chi connectivity index (χ1n) is 8.27. The van der Waals surface area contributed by atoms with Gasteiger partial charge in [-0.15, -0.1) is 0 Å². The molecule has 26 heavy (non-hydrogen) atoms. The summed E-state index contributed by atoms with van der Waals surface area (Å²) in [6.45, 7) is 0.436. The number of hydrogen-bond acceptors (Lipinski definition) is 4. The molecule has 1 aliphatic rings. The van der Waals surface area contributed by atoms with Crippen LogP contribution < -0.4 is 15.6 Å². The summed E-state index contributed by atoms with van der Waals surface area (Å²) in [5, 5.41) is 3.83. The zero-order valence-electron chi connectivity index (χ0n) is 13.8. The standard InChI is InChI=1S/C19H16ClN3O3/c20-12-5-6-15-14(9-12)19(25)23(11-21-15)10-18(24)22-16-7-8-26-17-4-2-1-3-13(16)17/h1-6,9,11,16H,7-8,10H2,(H,22,24)/t16-/m0/s1. The maximum absolute atomic E-state index is 12.6. The van der Waals surface area contributed by atoms with Crippen LogP contribution in [-0.4, -0.2) is 22.1 Å². The second kappa shape index (κ2) is 6.80. The molecule has 0 aliphatic carbocycles. The van der Waals surface area contributed by atoms with E-state index in [9.17, 15) is 9.59 Å². The molecule has 4 rings (SSSR count). The van der Waals surface area contributed by atoms with Crippen molar-refractivity contribution in [2.45, 2.75) is 19.0 Å². The molecule has 1 aliphatic heterocycles. The summed E-state index contributed by atoms with van der Waals surface area (Å²) in [4.78, 5) is 29.3. The third kappa shape index (κ3) is 3.15. The molecule has 0 saturated heterocycles. The Morgan fingerprint density at radius 2 is 2.15 bits per heavy atom. The van der Waals surface area contributed by atoms with Gasteiger partial charge in [0.1, 0.15) is 12.3 Å². The number of para-hydroxylation sites is 1. The van der Waals surface area contributed by atoms with Gasteiger partial charge in [0, 0.05) is 17.0 Å². The molecule has 0 saturated carbocycles. The van der Waals surface area contributed by atoms with E-state index in [2.05, 4.69) is 10.3 Å². The Kier molecular flexibility index (Phi) is 4.34. The fraction of sp³-hybridized carbons (Fsp3) is 0.211. The smallest absolute Gasteiger partial charge is 0.261 e. The van der Waals surface area contributed by atoms with Gasteiger partial charge in [-0.05, 0) is 24.3 Å². The van der Waals surface area contributed by atoms with Crippen molar-refractivity contribution in [3.63, 3.8) is 0 Å². The van der Waals surface area contributed by atoms with E-state index >= 15 is 0 Å². The van der Waals surface area contributed by atoms with Gasteiger partial charge in [0.2, 0.25) is 5.91 Å². The predicted octanol–water partition coefficient (Wildman–Crippen LogP) is 2.69. The zero-order chi connectivity index (χ0) is 18.1. The highest BCUT2D eigenvalue weighted by atomic mass is 35.5. The fourth-order valence-electron chi connectivity index (χ4n) is 3.13. The molecule has 0 fully saturated rings. The number of fused-ring (bicyclic) bond motifs is 2. The highest BCUT2D eigenvalue weighted by Gasteiger charge is 2.22. The second-order valence-electron chi connectivity index (χ2n) is 6.13. The Labute approximate surface area is 154 Å². The van der Waals surface area contributed by atoms with Gasteiger partial charge < -0.3 is 10.1 Å². The van der Waals surface area contributed by atoms with Crippen LogP contribution in [0.15, 0.2) is 53.6 Å². The molecule has 0 bridgehead atoms. The molecular formula is C19H16ClN3O3. The molecule has 3 aromatic rings. The van der Waals surface area contributed by atoms with Gasteiger partial charge in [0.25, 0.3) is 5.56 Å². The van der Waals surface area contributed by atoms with Gasteiger partial charge >= 0.3 is 0 Å². The van der Waals surface area contributed by atoms with Crippen LogP contribution in [0, 0.1) is 0 Å². The maximum Gasteiger partial charge on any atom is 0.261 e. The molecule has 0 unspecified atom stereocenters. The predicted molar refractivity (Wildman–Crippen MR) is 98.5 cm³/mol. The number of aromatic nitrogens is 2. The van der Waals surface area contributed by atoms with Gasteiger partial charge in [-0.2, -0.15) is 0 Å². The van der Waals surface area contributed by atoms with Crippen LogP contribution in [0.3, 0.4) is 0 Å². The van der Waals surface area contributed by atoms with Crippen molar-refractivity contribution in [3.8, 4) is 5.75 Å². The summed E-state index contributed by atoms with van der Waals surface area (Å²) >= 11 is 5.96. The average Bonchev–Trinajstić information content (AvgIpc) is 2.65. The van der Waals surface area contributed by atoms with E-state index in [0.717, 1.165) is 11.3 Å². The minimum atomic E-state index is -0.292. The largest absolute Gasteiger partial charge is 0.493 e. The number of rotatable bonds is 3. The Morgan fingerprint density at radius 1 is 1.31 bits per heavy atom. The summed E-state index contributed by atoms with van der Waals surface area (Å²) in [5.41, 5.74) is 1.21. The SMILES string of the molecule is O=C(Cn1cnc2ccc(Cl)cc2c1=O)N[C@H]1CCOc2ccccc21. The van der Waals surface area contributed by atoms with Crippen LogP contribution in [0.4, 0.5) is 0 Å². The number of hydrogen-bond donors (Lipinski definition) is 1. The number of amides is 1. The molecule has 0 spiro atoms. The van der Waals surface area contributed by atoms with Crippen LogP contribution in [0.1, 0.15) is 18.0 Å². The minimum Gasteiger partial charge on any atom is -0.493 e. The van der Waals surface area contributed by atoms with Crippen LogP contribution >= 0.6 is 11.6 Å². The van der Waals surface area contributed by atoms with Gasteiger partial charge in [0.05, 0.1) is 29.9 Å². The van der Waals surface area contributed by atoms with E-state index < -0.39 is 0 Å². The number of carbonyl (C=O) groups excluding carboxylic acids is 1. The van der Waals surface area contributed by atoms with Crippen LogP contribution in [-0.2, 0) is 11.3 Å². The van der Waals surface area contributed by atoms with Crippen LogP contribution in [0.25, 0.3) is 10.9 Å². The van der Waals surface area contributed by atoms with Crippen molar-refractivity contribution >= 4 is 28.4 Å². The molecule has 2 aromatic carbocycles. The van der Waals surface area contributed by atoms with Crippen molar-refractivity contribution < 1.29 is 9.53 Å². The Morgan fingerprint density at radius 3 is 3.04 bits per heavy atom. The first-order valence-corrected chi connectivity index (χ1v) is 8.65. The molecule has 0 radical (unpaired) electrons. The van der Waals surface area contributed by atoms with E-state index in [-0.39, 0.29) is 24.1 Å². The number of benzene rings is 2. The molecule has 6 nitrogen and oxygen atoms in total. The van der Waals surface area contributed by atoms with E-state index in [0.29, 0.717) is 29.0 Å². The monoisotopic (exact) mass is 369 g/mol. The second-order valence-corrected chi connectivity index (χ2v) is 6.57. The van der Waals surface area contributed by atoms with Gasteiger partial charge in [-0.3, -0.25) is 14.2 Å². The lowest BCUT2D eigenvalue weighted by Crippen LogP contribution is -2.36. The molecule has 1 N–H and O–H groups in total. The van der Waals surface area contributed by atoms with E-state index in [1.807, 2.05) is 24.3 Å². The summed E-state index contributed by atoms with van der Waals surface area (Å²) in [6.07, 6.45) is 2.07. The van der Waals surface area contributed by atoms with Crippen molar-refractivity contribution in [3.05, 3.63) is 69.7 Å². The minimum absolute atomic E-state index is 0.103. The lowest BCUT2D eigenvalue weighted by Gasteiger charge is -2.26. The normalized spacial score (nSPS) is 16.0. The number of nitrogens with one attached hydrogen (secondary N) is 1. The summed E-state index contributed by atoms with van der Waals surface area (Å²) in [5.74, 6) is 0.528. The first-order chi connectivity index (χ1) is 12.6. The molecule has 1 amide bonds. The molecule has 7 heteroatoms.